The molecule has 4 N–H and O–H groups in total. The highest BCUT2D eigenvalue weighted by molar-refractivity contribution is 7.89. The lowest BCUT2D eigenvalue weighted by Gasteiger charge is -2.08. The van der Waals surface area contributed by atoms with Crippen molar-refractivity contribution >= 4 is 10.0 Å². The van der Waals surface area contributed by atoms with E-state index in [1.807, 2.05) is 25.1 Å². The van der Waals surface area contributed by atoms with E-state index in [0.717, 1.165) is 11.1 Å². The smallest absolute Gasteiger partial charge is 0.209 e. The molecule has 0 aromatic heterocycles. The van der Waals surface area contributed by atoms with Crippen LogP contribution in [-0.2, 0) is 16.6 Å². The number of hydrogen-bond donors (Lipinski definition) is 3. The Morgan fingerprint density at radius 3 is 2.76 bits per heavy atom. The summed E-state index contributed by atoms with van der Waals surface area (Å²) in [6, 6.07) is 5.53. The van der Waals surface area contributed by atoms with Crippen LogP contribution in [0.25, 0.3) is 0 Å². The van der Waals surface area contributed by atoms with Crippen LogP contribution in [0.2, 0.25) is 0 Å². The van der Waals surface area contributed by atoms with Gasteiger partial charge in [0.1, 0.15) is 5.75 Å². The van der Waals surface area contributed by atoms with E-state index in [1.54, 1.807) is 0 Å². The Labute approximate surface area is 102 Å². The van der Waals surface area contributed by atoms with Gasteiger partial charge in [-0.2, -0.15) is 0 Å². The van der Waals surface area contributed by atoms with Crippen LogP contribution in [0, 0.1) is 6.92 Å². The van der Waals surface area contributed by atoms with Gasteiger partial charge in [0.15, 0.2) is 0 Å². The molecule has 1 aromatic carbocycles. The average Bonchev–Trinajstić information content (AvgIpc) is 2.22. The molecule has 0 heterocycles. The number of hydrogen-bond acceptors (Lipinski definition) is 4. The van der Waals surface area contributed by atoms with E-state index in [9.17, 15) is 13.5 Å². The highest BCUT2D eigenvalue weighted by atomic mass is 32.2. The van der Waals surface area contributed by atoms with Crippen molar-refractivity contribution in [1.82, 2.24) is 5.32 Å². The molecule has 0 amide bonds. The molecule has 0 atom stereocenters. The largest absolute Gasteiger partial charge is 0.507 e. The fourth-order valence-corrected chi connectivity index (χ4v) is 2.03. The number of nitrogens with two attached hydrogens (primary N) is 1. The molecule has 0 aliphatic heterocycles. The van der Waals surface area contributed by atoms with E-state index >= 15 is 0 Å². The summed E-state index contributed by atoms with van der Waals surface area (Å²) in [6.45, 7) is 2.89. The Morgan fingerprint density at radius 2 is 2.12 bits per heavy atom. The molecular formula is C11H18N2O3S. The van der Waals surface area contributed by atoms with Crippen LogP contribution in [0.3, 0.4) is 0 Å². The first-order valence-corrected chi connectivity index (χ1v) is 7.10. The molecule has 96 valence electrons. The number of primary sulfonamides is 1. The first-order valence-electron chi connectivity index (χ1n) is 5.39. The van der Waals surface area contributed by atoms with Gasteiger partial charge in [0.05, 0.1) is 5.75 Å². The van der Waals surface area contributed by atoms with E-state index in [1.165, 1.54) is 0 Å². The quantitative estimate of drug-likeness (QED) is 0.647. The second-order valence-electron chi connectivity index (χ2n) is 3.98. The fraction of sp³-hybridized carbons (Fsp3) is 0.455. The SMILES string of the molecule is Cc1cccc(CNCCCS(N)(=O)=O)c1O. The number of phenols is 1. The van der Waals surface area contributed by atoms with E-state index in [2.05, 4.69) is 5.32 Å². The van der Waals surface area contributed by atoms with Crippen molar-refractivity contribution in [2.24, 2.45) is 5.14 Å². The van der Waals surface area contributed by atoms with Crippen molar-refractivity contribution in [2.45, 2.75) is 19.9 Å². The number of sulfonamides is 1. The number of phenolic OH excluding ortho intramolecular Hbond substituents is 1. The van der Waals surface area contributed by atoms with E-state index in [4.69, 9.17) is 5.14 Å². The van der Waals surface area contributed by atoms with Crippen molar-refractivity contribution in [2.75, 3.05) is 12.3 Å². The molecule has 6 heteroatoms. The summed E-state index contributed by atoms with van der Waals surface area (Å²) < 4.78 is 21.3. The number of para-hydroxylation sites is 1. The Balaban J connectivity index is 2.34. The molecule has 0 unspecified atom stereocenters. The van der Waals surface area contributed by atoms with Crippen molar-refractivity contribution in [3.8, 4) is 5.75 Å². The second kappa shape index (κ2) is 6.00. The Bertz CT molecular complexity index is 472. The van der Waals surface area contributed by atoms with Crippen molar-refractivity contribution in [1.29, 1.82) is 0 Å². The third kappa shape index (κ3) is 5.16. The number of rotatable bonds is 6. The molecule has 0 spiro atoms. The number of aryl methyl sites for hydroxylation is 1. The number of aromatic hydroxyl groups is 1. The van der Waals surface area contributed by atoms with Gasteiger partial charge in [-0.25, -0.2) is 13.6 Å². The number of nitrogens with one attached hydrogen (secondary N) is 1. The highest BCUT2D eigenvalue weighted by Gasteiger charge is 2.04. The maximum atomic E-state index is 10.7. The second-order valence-corrected chi connectivity index (χ2v) is 5.71. The third-order valence-corrected chi connectivity index (χ3v) is 3.28. The summed E-state index contributed by atoms with van der Waals surface area (Å²) >= 11 is 0. The highest BCUT2D eigenvalue weighted by Crippen LogP contribution is 2.20. The van der Waals surface area contributed by atoms with Crippen LogP contribution in [-0.4, -0.2) is 25.8 Å². The van der Waals surface area contributed by atoms with Gasteiger partial charge in [-0.3, -0.25) is 0 Å². The molecule has 0 saturated carbocycles. The third-order valence-electron chi connectivity index (χ3n) is 2.42. The van der Waals surface area contributed by atoms with Crippen molar-refractivity contribution in [3.63, 3.8) is 0 Å². The zero-order valence-corrected chi connectivity index (χ0v) is 10.6. The fourth-order valence-electron chi connectivity index (χ4n) is 1.48. The normalized spacial score (nSPS) is 11.6. The Kier molecular flexibility index (Phi) is 4.92. The summed E-state index contributed by atoms with van der Waals surface area (Å²) in [5, 5.41) is 17.7. The molecule has 0 radical (unpaired) electrons. The first kappa shape index (κ1) is 14.0. The van der Waals surface area contributed by atoms with Gasteiger partial charge in [0, 0.05) is 12.1 Å². The molecule has 0 aliphatic carbocycles. The summed E-state index contributed by atoms with van der Waals surface area (Å²) in [5.41, 5.74) is 1.63. The molecule has 0 saturated heterocycles. The van der Waals surface area contributed by atoms with Gasteiger partial charge in [-0.05, 0) is 25.5 Å². The molecule has 1 aromatic rings. The molecule has 0 bridgehead atoms. The van der Waals surface area contributed by atoms with Crippen LogP contribution in [0.1, 0.15) is 17.5 Å². The minimum absolute atomic E-state index is 0.0280. The van der Waals surface area contributed by atoms with Gasteiger partial charge in [0.2, 0.25) is 10.0 Å². The lowest BCUT2D eigenvalue weighted by Crippen LogP contribution is -2.22. The Hall–Kier alpha value is -1.11. The zero-order valence-electron chi connectivity index (χ0n) is 9.81. The van der Waals surface area contributed by atoms with Crippen LogP contribution >= 0.6 is 0 Å². The lowest BCUT2D eigenvalue weighted by atomic mass is 10.1. The molecule has 5 nitrogen and oxygen atoms in total. The summed E-state index contributed by atoms with van der Waals surface area (Å²) in [5.74, 6) is 0.256. The first-order chi connectivity index (χ1) is 7.90. The van der Waals surface area contributed by atoms with Crippen LogP contribution in [0.5, 0.6) is 5.75 Å². The van der Waals surface area contributed by atoms with Crippen molar-refractivity contribution < 1.29 is 13.5 Å². The molecule has 0 fully saturated rings. The lowest BCUT2D eigenvalue weighted by molar-refractivity contribution is 0.460. The van der Waals surface area contributed by atoms with Gasteiger partial charge >= 0.3 is 0 Å². The number of benzene rings is 1. The van der Waals surface area contributed by atoms with E-state index in [-0.39, 0.29) is 11.5 Å². The van der Waals surface area contributed by atoms with Crippen molar-refractivity contribution in [3.05, 3.63) is 29.3 Å². The summed E-state index contributed by atoms with van der Waals surface area (Å²) in [6.07, 6.45) is 0.464. The Morgan fingerprint density at radius 1 is 1.41 bits per heavy atom. The summed E-state index contributed by atoms with van der Waals surface area (Å²) in [7, 11) is -3.37. The monoisotopic (exact) mass is 258 g/mol. The maximum Gasteiger partial charge on any atom is 0.209 e. The van der Waals surface area contributed by atoms with Gasteiger partial charge < -0.3 is 10.4 Å². The molecular weight excluding hydrogens is 240 g/mol. The van der Waals surface area contributed by atoms with Crippen LogP contribution in [0.15, 0.2) is 18.2 Å². The van der Waals surface area contributed by atoms with Gasteiger partial charge in [-0.1, -0.05) is 18.2 Å². The molecule has 1 rings (SSSR count). The minimum Gasteiger partial charge on any atom is -0.507 e. The van der Waals surface area contributed by atoms with E-state index < -0.39 is 10.0 Å². The van der Waals surface area contributed by atoms with Crippen LogP contribution in [0.4, 0.5) is 0 Å². The van der Waals surface area contributed by atoms with Crippen LogP contribution < -0.4 is 10.5 Å². The topological polar surface area (TPSA) is 92.4 Å². The predicted octanol–water partition coefficient (Wildman–Crippen LogP) is 0.469. The standard InChI is InChI=1S/C11H18N2O3S/c1-9-4-2-5-10(11(9)14)8-13-6-3-7-17(12,15)16/h2,4-5,13-14H,3,6-8H2,1H3,(H2,12,15,16). The molecule has 17 heavy (non-hydrogen) atoms. The van der Waals surface area contributed by atoms with Gasteiger partial charge in [0.25, 0.3) is 0 Å². The summed E-state index contributed by atoms with van der Waals surface area (Å²) in [4.78, 5) is 0. The van der Waals surface area contributed by atoms with E-state index in [0.29, 0.717) is 19.5 Å². The predicted molar refractivity (Wildman–Crippen MR) is 67.1 cm³/mol. The minimum atomic E-state index is -3.37. The van der Waals surface area contributed by atoms with Gasteiger partial charge in [-0.15, -0.1) is 0 Å². The maximum absolute atomic E-state index is 10.7. The molecule has 0 aliphatic rings. The zero-order chi connectivity index (χ0) is 12.9. The average molecular weight is 258 g/mol.